The molecular formula is C10H8F3N3OS. The summed E-state index contributed by atoms with van der Waals surface area (Å²) in [6.45, 7) is 0. The second-order valence-electron chi connectivity index (χ2n) is 3.42. The highest BCUT2D eigenvalue weighted by atomic mass is 32.1. The van der Waals surface area contributed by atoms with Crippen LogP contribution in [0.3, 0.4) is 0 Å². The zero-order chi connectivity index (χ0) is 13.2. The van der Waals surface area contributed by atoms with Gasteiger partial charge in [-0.3, -0.25) is 0 Å². The highest BCUT2D eigenvalue weighted by Gasteiger charge is 2.31. The Balaban J connectivity index is 2.22. The van der Waals surface area contributed by atoms with Gasteiger partial charge in [0.2, 0.25) is 0 Å². The molecule has 0 aliphatic heterocycles. The van der Waals surface area contributed by atoms with Crippen LogP contribution in [0.15, 0.2) is 30.5 Å². The molecule has 96 valence electrons. The molecule has 1 heterocycles. The van der Waals surface area contributed by atoms with Gasteiger partial charge in [-0.05, 0) is 29.2 Å². The van der Waals surface area contributed by atoms with E-state index in [0.717, 1.165) is 11.5 Å². The van der Waals surface area contributed by atoms with Crippen LogP contribution in [0.2, 0.25) is 0 Å². The lowest BCUT2D eigenvalue weighted by Gasteiger charge is -2.12. The van der Waals surface area contributed by atoms with Crippen LogP contribution in [-0.4, -0.2) is 15.9 Å². The molecule has 4 nitrogen and oxygen atoms in total. The van der Waals surface area contributed by atoms with Crippen molar-refractivity contribution >= 4 is 11.5 Å². The average Bonchev–Trinajstić information content (AvgIpc) is 2.79. The highest BCUT2D eigenvalue weighted by Crippen LogP contribution is 2.27. The van der Waals surface area contributed by atoms with Crippen molar-refractivity contribution in [2.45, 2.75) is 12.4 Å². The summed E-state index contributed by atoms with van der Waals surface area (Å²) >= 11 is 1.10. The molecule has 1 atom stereocenters. The molecule has 8 heteroatoms. The van der Waals surface area contributed by atoms with E-state index < -0.39 is 12.4 Å². The van der Waals surface area contributed by atoms with Crippen molar-refractivity contribution in [3.05, 3.63) is 40.9 Å². The van der Waals surface area contributed by atoms with Gasteiger partial charge in [-0.2, -0.15) is 0 Å². The number of alkyl halides is 3. The van der Waals surface area contributed by atoms with Crippen LogP contribution in [-0.2, 0) is 0 Å². The van der Waals surface area contributed by atoms with E-state index in [-0.39, 0.29) is 5.75 Å². The molecule has 2 rings (SSSR count). The fourth-order valence-electron chi connectivity index (χ4n) is 1.38. The Kier molecular flexibility index (Phi) is 3.48. The van der Waals surface area contributed by atoms with E-state index in [0.29, 0.717) is 10.4 Å². The van der Waals surface area contributed by atoms with Crippen molar-refractivity contribution in [2.75, 3.05) is 0 Å². The predicted octanol–water partition coefficient (Wildman–Crippen LogP) is 2.48. The highest BCUT2D eigenvalue weighted by molar-refractivity contribution is 7.05. The maximum absolute atomic E-state index is 12.1. The molecule has 0 fully saturated rings. The largest absolute Gasteiger partial charge is 0.573 e. The Bertz CT molecular complexity index is 515. The number of nitrogens with two attached hydrogens (primary N) is 1. The third-order valence-corrected chi connectivity index (χ3v) is 2.88. The van der Waals surface area contributed by atoms with E-state index >= 15 is 0 Å². The van der Waals surface area contributed by atoms with Gasteiger partial charge in [0, 0.05) is 0 Å². The maximum atomic E-state index is 12.1. The molecule has 1 aromatic carbocycles. The van der Waals surface area contributed by atoms with Crippen LogP contribution in [0.25, 0.3) is 0 Å². The zero-order valence-electron chi connectivity index (χ0n) is 8.89. The number of nitrogens with zero attached hydrogens (tertiary/aromatic N) is 2. The van der Waals surface area contributed by atoms with Crippen molar-refractivity contribution in [1.29, 1.82) is 0 Å². The minimum Gasteiger partial charge on any atom is -0.406 e. The third-order valence-electron chi connectivity index (χ3n) is 2.14. The number of aromatic nitrogens is 2. The molecule has 0 bridgehead atoms. The third kappa shape index (κ3) is 3.17. The van der Waals surface area contributed by atoms with E-state index in [1.807, 2.05) is 0 Å². The smallest absolute Gasteiger partial charge is 0.406 e. The van der Waals surface area contributed by atoms with Crippen LogP contribution in [0.1, 0.15) is 16.5 Å². The van der Waals surface area contributed by atoms with Gasteiger partial charge in [0.05, 0.1) is 17.1 Å². The van der Waals surface area contributed by atoms with Crippen molar-refractivity contribution in [3.8, 4) is 5.75 Å². The molecular weight excluding hydrogens is 267 g/mol. The van der Waals surface area contributed by atoms with Crippen LogP contribution in [0, 0.1) is 0 Å². The van der Waals surface area contributed by atoms with Crippen molar-refractivity contribution in [2.24, 2.45) is 5.73 Å². The molecule has 18 heavy (non-hydrogen) atoms. The van der Waals surface area contributed by atoms with E-state index in [1.165, 1.54) is 24.4 Å². The van der Waals surface area contributed by atoms with Gasteiger partial charge >= 0.3 is 6.36 Å². The summed E-state index contributed by atoms with van der Waals surface area (Å²) in [7, 11) is 0. The summed E-state index contributed by atoms with van der Waals surface area (Å²) in [6, 6.07) is 4.96. The SMILES string of the molecule is NC(c1cccc(OC(F)(F)F)c1)c1cnns1. The van der Waals surface area contributed by atoms with Gasteiger partial charge < -0.3 is 10.5 Å². The summed E-state index contributed by atoms with van der Waals surface area (Å²) in [5.74, 6) is -0.298. The number of benzene rings is 1. The Morgan fingerprint density at radius 2 is 2.11 bits per heavy atom. The van der Waals surface area contributed by atoms with Gasteiger partial charge in [-0.15, -0.1) is 18.3 Å². The molecule has 2 N–H and O–H groups in total. The predicted molar refractivity (Wildman–Crippen MR) is 59.1 cm³/mol. The van der Waals surface area contributed by atoms with Gasteiger partial charge in [0.25, 0.3) is 0 Å². The molecule has 0 amide bonds. The number of halogens is 3. The summed E-state index contributed by atoms with van der Waals surface area (Å²) in [6.07, 6.45) is -3.23. The van der Waals surface area contributed by atoms with E-state index in [2.05, 4.69) is 14.3 Å². The molecule has 0 aliphatic carbocycles. The van der Waals surface area contributed by atoms with Crippen LogP contribution < -0.4 is 10.5 Å². The fraction of sp³-hybridized carbons (Fsp3) is 0.200. The molecule has 1 unspecified atom stereocenters. The first-order valence-corrected chi connectivity index (χ1v) is 5.61. The zero-order valence-corrected chi connectivity index (χ0v) is 9.70. The average molecular weight is 275 g/mol. The maximum Gasteiger partial charge on any atom is 0.573 e. The Morgan fingerprint density at radius 3 is 2.72 bits per heavy atom. The second kappa shape index (κ2) is 4.91. The summed E-state index contributed by atoms with van der Waals surface area (Å²) in [5.41, 5.74) is 6.39. The minimum atomic E-state index is -4.71. The second-order valence-corrected chi connectivity index (χ2v) is 4.24. The monoisotopic (exact) mass is 275 g/mol. The van der Waals surface area contributed by atoms with E-state index in [9.17, 15) is 13.2 Å². The van der Waals surface area contributed by atoms with E-state index in [4.69, 9.17) is 5.73 Å². The molecule has 0 saturated heterocycles. The van der Waals surface area contributed by atoms with Crippen LogP contribution in [0.4, 0.5) is 13.2 Å². The van der Waals surface area contributed by atoms with Gasteiger partial charge in [-0.25, -0.2) is 0 Å². The molecule has 0 spiro atoms. The van der Waals surface area contributed by atoms with Crippen molar-refractivity contribution < 1.29 is 17.9 Å². The number of rotatable bonds is 3. The first-order valence-electron chi connectivity index (χ1n) is 4.84. The molecule has 0 aliphatic rings. The van der Waals surface area contributed by atoms with Crippen molar-refractivity contribution in [3.63, 3.8) is 0 Å². The normalized spacial score (nSPS) is 13.3. The lowest BCUT2D eigenvalue weighted by molar-refractivity contribution is -0.274. The van der Waals surface area contributed by atoms with Gasteiger partial charge in [-0.1, -0.05) is 16.6 Å². The minimum absolute atomic E-state index is 0.298. The Labute approximate surface area is 104 Å². The number of hydrogen-bond donors (Lipinski definition) is 1. The van der Waals surface area contributed by atoms with Crippen molar-refractivity contribution in [1.82, 2.24) is 9.59 Å². The fourth-order valence-corrected chi connectivity index (χ4v) is 1.91. The van der Waals surface area contributed by atoms with Gasteiger partial charge in [0.15, 0.2) is 0 Å². The summed E-state index contributed by atoms with van der Waals surface area (Å²) in [5, 5.41) is 3.63. The van der Waals surface area contributed by atoms with Gasteiger partial charge in [0.1, 0.15) is 5.75 Å². The quantitative estimate of drug-likeness (QED) is 0.934. The molecule has 2 aromatic rings. The Morgan fingerprint density at radius 1 is 1.33 bits per heavy atom. The standard InChI is InChI=1S/C10H8F3N3OS/c11-10(12,13)17-7-3-1-2-6(4-7)9(14)8-5-15-16-18-8/h1-5,9H,14H2. The molecule has 0 saturated carbocycles. The number of ether oxygens (including phenoxy) is 1. The van der Waals surface area contributed by atoms with Crippen LogP contribution in [0.5, 0.6) is 5.75 Å². The summed E-state index contributed by atoms with van der Waals surface area (Å²) in [4.78, 5) is 0.666. The lowest BCUT2D eigenvalue weighted by Crippen LogP contribution is -2.17. The van der Waals surface area contributed by atoms with E-state index in [1.54, 1.807) is 6.07 Å². The summed E-state index contributed by atoms with van der Waals surface area (Å²) < 4.78 is 43.7. The topological polar surface area (TPSA) is 61.0 Å². The Hall–Kier alpha value is -1.67. The lowest BCUT2D eigenvalue weighted by atomic mass is 10.1. The molecule has 1 aromatic heterocycles. The first kappa shape index (κ1) is 12.8. The first-order chi connectivity index (χ1) is 8.46. The van der Waals surface area contributed by atoms with Crippen LogP contribution >= 0.6 is 11.5 Å². The molecule has 0 radical (unpaired) electrons. The number of hydrogen-bond acceptors (Lipinski definition) is 5.